The molecule has 1 aromatic heterocycles. The molecule has 0 unspecified atom stereocenters. The smallest absolute Gasteiger partial charge is 0.270 e. The van der Waals surface area contributed by atoms with Gasteiger partial charge in [-0.3, -0.25) is 19.7 Å². The molecule has 0 aliphatic heterocycles. The van der Waals surface area contributed by atoms with Crippen molar-refractivity contribution in [3.63, 3.8) is 0 Å². The fraction of sp³-hybridized carbons (Fsp3) is 0.0833. The van der Waals surface area contributed by atoms with Crippen LogP contribution in [0.3, 0.4) is 0 Å². The Labute approximate surface area is 226 Å². The number of amides is 2. The summed E-state index contributed by atoms with van der Waals surface area (Å²) in [6, 6.07) is 14.0. The molecule has 3 aromatic carbocycles. The zero-order valence-electron chi connectivity index (χ0n) is 19.2. The Morgan fingerprint density at radius 3 is 2.55 bits per heavy atom. The molecule has 0 saturated carbocycles. The van der Waals surface area contributed by atoms with Gasteiger partial charge >= 0.3 is 0 Å². The molecule has 194 valence electrons. The summed E-state index contributed by atoms with van der Waals surface area (Å²) >= 11 is 4.10. The highest BCUT2D eigenvalue weighted by atomic mass is 79.9. The van der Waals surface area contributed by atoms with Crippen LogP contribution in [0.1, 0.15) is 16.1 Å². The Morgan fingerprint density at radius 2 is 1.82 bits per heavy atom. The van der Waals surface area contributed by atoms with Crippen molar-refractivity contribution in [2.24, 2.45) is 0 Å². The Kier molecular flexibility index (Phi) is 8.43. The fourth-order valence-corrected chi connectivity index (χ4v) is 4.50. The lowest BCUT2D eigenvalue weighted by Gasteiger charge is -2.10. The van der Waals surface area contributed by atoms with E-state index < -0.39 is 34.9 Å². The zero-order valence-corrected chi connectivity index (χ0v) is 21.6. The molecule has 0 saturated heterocycles. The molecule has 14 heteroatoms. The van der Waals surface area contributed by atoms with Crippen molar-refractivity contribution in [3.8, 4) is 5.69 Å². The van der Waals surface area contributed by atoms with Gasteiger partial charge in [0.05, 0.1) is 29.8 Å². The van der Waals surface area contributed by atoms with Crippen LogP contribution in [0.15, 0.2) is 81.1 Å². The van der Waals surface area contributed by atoms with Gasteiger partial charge in [-0.05, 0) is 36.4 Å². The number of nitrogens with one attached hydrogen (secondary N) is 2. The van der Waals surface area contributed by atoms with E-state index in [1.807, 2.05) is 0 Å². The normalized spacial score (nSPS) is 10.7. The summed E-state index contributed by atoms with van der Waals surface area (Å²) in [5.41, 5.74) is 0.100. The molecule has 0 bridgehead atoms. The highest BCUT2D eigenvalue weighted by Crippen LogP contribution is 2.34. The third-order valence-electron chi connectivity index (χ3n) is 5.05. The molecule has 10 nitrogen and oxygen atoms in total. The van der Waals surface area contributed by atoms with Gasteiger partial charge in [-0.25, -0.2) is 13.5 Å². The average Bonchev–Trinajstić information content (AvgIpc) is 3.36. The molecule has 2 amide bonds. The maximum atomic E-state index is 14.1. The number of rotatable bonds is 9. The van der Waals surface area contributed by atoms with Gasteiger partial charge in [0.2, 0.25) is 5.91 Å². The summed E-state index contributed by atoms with van der Waals surface area (Å²) in [6.07, 6.45) is 1.44. The third kappa shape index (κ3) is 6.58. The van der Waals surface area contributed by atoms with Crippen molar-refractivity contribution in [3.05, 3.63) is 104 Å². The van der Waals surface area contributed by atoms with Gasteiger partial charge in [-0.15, -0.1) is 5.10 Å². The number of hydrogen-bond acceptors (Lipinski definition) is 7. The van der Waals surface area contributed by atoms with Gasteiger partial charge in [0, 0.05) is 26.4 Å². The van der Waals surface area contributed by atoms with Crippen LogP contribution >= 0.6 is 27.7 Å². The van der Waals surface area contributed by atoms with Crippen LogP contribution in [0.5, 0.6) is 0 Å². The van der Waals surface area contributed by atoms with Crippen LogP contribution < -0.4 is 10.6 Å². The lowest BCUT2D eigenvalue weighted by atomic mass is 10.2. The highest BCUT2D eigenvalue weighted by Gasteiger charge is 2.19. The van der Waals surface area contributed by atoms with E-state index in [1.54, 1.807) is 12.1 Å². The largest absolute Gasteiger partial charge is 0.349 e. The molecule has 4 rings (SSSR count). The molecule has 1 heterocycles. The molecule has 0 fully saturated rings. The van der Waals surface area contributed by atoms with Gasteiger partial charge in [-0.1, -0.05) is 45.0 Å². The average molecular weight is 603 g/mol. The van der Waals surface area contributed by atoms with E-state index in [-0.39, 0.29) is 33.3 Å². The first-order valence-electron chi connectivity index (χ1n) is 10.8. The van der Waals surface area contributed by atoms with Gasteiger partial charge in [0.15, 0.2) is 0 Å². The summed E-state index contributed by atoms with van der Waals surface area (Å²) in [6.45, 7) is -0.487. The van der Waals surface area contributed by atoms with Crippen molar-refractivity contribution in [2.75, 3.05) is 6.54 Å². The molecule has 4 aromatic rings. The van der Waals surface area contributed by atoms with Crippen LogP contribution in [0.25, 0.3) is 5.69 Å². The maximum absolute atomic E-state index is 14.1. The van der Waals surface area contributed by atoms with E-state index in [4.69, 9.17) is 0 Å². The molecule has 0 atom stereocenters. The lowest BCUT2D eigenvalue weighted by Crippen LogP contribution is -2.36. The number of nitrogens with zero attached hydrogens (tertiary/aromatic N) is 4. The Bertz CT molecular complexity index is 1530. The standard InChI is InChI=1S/C24H17BrF2N6O4S/c25-14-5-7-20(19(27)9-14)32-13-15(30-31-32)11-28-23(34)12-29-24(35)17-10-16(33(36)37)6-8-21(17)38-22-4-2-1-3-18(22)26/h1-10,13H,11-12H2,(H,28,34)(H,29,35). The molecule has 0 spiro atoms. The first-order valence-corrected chi connectivity index (χ1v) is 12.4. The molecule has 0 aliphatic rings. The van der Waals surface area contributed by atoms with Gasteiger partial charge < -0.3 is 10.6 Å². The van der Waals surface area contributed by atoms with Gasteiger partial charge in [0.25, 0.3) is 11.6 Å². The Hall–Kier alpha value is -4.17. The molecule has 38 heavy (non-hydrogen) atoms. The molecule has 0 radical (unpaired) electrons. The fourth-order valence-electron chi connectivity index (χ4n) is 3.22. The first kappa shape index (κ1) is 26.9. The highest BCUT2D eigenvalue weighted by molar-refractivity contribution is 9.10. The number of hydrogen-bond donors (Lipinski definition) is 2. The number of aromatic nitrogens is 3. The predicted octanol–water partition coefficient (Wildman–Crippen LogP) is 4.41. The van der Waals surface area contributed by atoms with E-state index in [0.717, 1.165) is 17.8 Å². The van der Waals surface area contributed by atoms with Crippen LogP contribution in [-0.2, 0) is 11.3 Å². The predicted molar refractivity (Wildman–Crippen MR) is 137 cm³/mol. The molecular formula is C24H17BrF2N6O4S. The molecular weight excluding hydrogens is 586 g/mol. The van der Waals surface area contributed by atoms with Crippen molar-refractivity contribution in [1.82, 2.24) is 25.6 Å². The second-order valence-corrected chi connectivity index (χ2v) is 9.68. The van der Waals surface area contributed by atoms with E-state index >= 15 is 0 Å². The number of non-ortho nitro benzene ring substituents is 1. The quantitative estimate of drug-likeness (QED) is 0.214. The summed E-state index contributed by atoms with van der Waals surface area (Å²) in [4.78, 5) is 36.2. The molecule has 2 N–H and O–H groups in total. The van der Waals surface area contributed by atoms with Crippen LogP contribution in [0, 0.1) is 21.7 Å². The number of nitro groups is 1. The van der Waals surface area contributed by atoms with Gasteiger partial charge in [-0.2, -0.15) is 0 Å². The van der Waals surface area contributed by atoms with Crippen molar-refractivity contribution in [2.45, 2.75) is 16.3 Å². The van der Waals surface area contributed by atoms with Crippen LogP contribution in [-0.4, -0.2) is 38.3 Å². The summed E-state index contributed by atoms with van der Waals surface area (Å²) < 4.78 is 30.0. The van der Waals surface area contributed by atoms with Crippen LogP contribution in [0.2, 0.25) is 0 Å². The number of carbonyl (C=O) groups excluding carboxylic acids is 2. The van der Waals surface area contributed by atoms with E-state index in [9.17, 15) is 28.5 Å². The Balaban J connectivity index is 1.38. The second kappa shape index (κ2) is 11.9. The Morgan fingerprint density at radius 1 is 1.03 bits per heavy atom. The van der Waals surface area contributed by atoms with Crippen LogP contribution in [0.4, 0.5) is 14.5 Å². The maximum Gasteiger partial charge on any atom is 0.270 e. The number of benzene rings is 3. The first-order chi connectivity index (χ1) is 18.2. The van der Waals surface area contributed by atoms with Crippen molar-refractivity contribution >= 4 is 45.2 Å². The van der Waals surface area contributed by atoms with E-state index in [0.29, 0.717) is 10.2 Å². The second-order valence-electron chi connectivity index (χ2n) is 7.68. The van der Waals surface area contributed by atoms with Crippen molar-refractivity contribution in [1.29, 1.82) is 0 Å². The summed E-state index contributed by atoms with van der Waals surface area (Å²) in [7, 11) is 0. The zero-order chi connectivity index (χ0) is 27.2. The van der Waals surface area contributed by atoms with E-state index in [1.165, 1.54) is 53.3 Å². The minimum Gasteiger partial charge on any atom is -0.349 e. The SMILES string of the molecule is O=C(CNC(=O)c1cc([N+](=O)[O-])ccc1Sc1ccccc1F)NCc1cn(-c2ccc(Br)cc2F)nn1. The number of nitro benzene ring substituents is 1. The minimum atomic E-state index is -0.751. The third-order valence-corrected chi connectivity index (χ3v) is 6.67. The number of halogens is 3. The lowest BCUT2D eigenvalue weighted by molar-refractivity contribution is -0.384. The monoisotopic (exact) mass is 602 g/mol. The molecule has 0 aliphatic carbocycles. The topological polar surface area (TPSA) is 132 Å². The number of carbonyl (C=O) groups is 2. The summed E-state index contributed by atoms with van der Waals surface area (Å²) in [5.74, 6) is -2.35. The van der Waals surface area contributed by atoms with E-state index in [2.05, 4.69) is 36.9 Å². The van der Waals surface area contributed by atoms with Crippen molar-refractivity contribution < 1.29 is 23.3 Å². The van der Waals surface area contributed by atoms with Gasteiger partial charge in [0.1, 0.15) is 23.0 Å². The minimum absolute atomic E-state index is 0.0436. The summed E-state index contributed by atoms with van der Waals surface area (Å²) in [5, 5.41) is 23.9.